The van der Waals surface area contributed by atoms with Gasteiger partial charge in [0, 0.05) is 82.0 Å². The van der Waals surface area contributed by atoms with Crippen LogP contribution in [0.5, 0.6) is 0 Å². The number of nitrogens with one attached hydrogen (secondary N) is 3. The molecule has 7 rings (SSSR count). The Labute approximate surface area is 640 Å². The second-order valence-electron chi connectivity index (χ2n) is 32.3. The lowest BCUT2D eigenvalue weighted by Gasteiger charge is -2.46. The molecule has 622 valence electrons. The van der Waals surface area contributed by atoms with Gasteiger partial charge in [-0.1, -0.05) is 66.0 Å². The molecule has 3 N–H and O–H groups in total. The highest BCUT2D eigenvalue weighted by Gasteiger charge is 2.57. The summed E-state index contributed by atoms with van der Waals surface area (Å²) in [6, 6.07) is -11.6. The van der Waals surface area contributed by atoms with E-state index in [0.717, 1.165) is 29.4 Å². The zero-order chi connectivity index (χ0) is 81.8. The zero-order valence-electron chi connectivity index (χ0n) is 66.1. The van der Waals surface area contributed by atoms with Crippen molar-refractivity contribution in [1.29, 1.82) is 0 Å². The van der Waals surface area contributed by atoms with Gasteiger partial charge < -0.3 is 69.5 Å². The number of alkyl halides is 8. The van der Waals surface area contributed by atoms with Crippen LogP contribution in [0.2, 0.25) is 0 Å². The molecule has 110 heavy (non-hydrogen) atoms. The number of amides is 12. The topological polar surface area (TPSA) is 289 Å². The first-order valence-electron chi connectivity index (χ1n) is 39.2. The summed E-state index contributed by atoms with van der Waals surface area (Å²) < 4.78 is 127. The van der Waals surface area contributed by atoms with Gasteiger partial charge in [0.25, 0.3) is 5.91 Å². The van der Waals surface area contributed by atoms with Gasteiger partial charge in [-0.3, -0.25) is 57.5 Å². The molecular formula is C76H118F8N12O14. The molecule has 1 spiro atoms. The van der Waals surface area contributed by atoms with Crippen LogP contribution >= 0.6 is 0 Å². The third-order valence-electron chi connectivity index (χ3n) is 23.9. The minimum Gasteiger partial charge on any atom is -0.377 e. The number of fused-ring (bicyclic) bond motifs is 3. The van der Waals surface area contributed by atoms with Crippen molar-refractivity contribution in [3.8, 4) is 0 Å². The average molecular weight is 1580 g/mol. The summed E-state index contributed by atoms with van der Waals surface area (Å²) in [4.78, 5) is 192. The van der Waals surface area contributed by atoms with E-state index in [4.69, 9.17) is 9.47 Å². The van der Waals surface area contributed by atoms with E-state index in [0.29, 0.717) is 38.5 Å². The molecule has 0 radical (unpaired) electrons. The molecule has 2 bridgehead atoms. The molecule has 4 aliphatic heterocycles. The fourth-order valence-electron chi connectivity index (χ4n) is 17.0. The fraction of sp³-hybridized carbons (Fsp3) is 0.816. The van der Waals surface area contributed by atoms with Crippen LogP contribution in [0.4, 0.5) is 35.1 Å². The first-order chi connectivity index (χ1) is 51.6. The highest BCUT2D eigenvalue weighted by Crippen LogP contribution is 2.45. The van der Waals surface area contributed by atoms with Crippen molar-refractivity contribution in [3.63, 3.8) is 0 Å². The maximum atomic E-state index is 15.6. The summed E-state index contributed by atoms with van der Waals surface area (Å²) in [5.74, 6) is -17.4. The van der Waals surface area contributed by atoms with Crippen LogP contribution in [-0.2, 0) is 67.0 Å². The molecule has 12 atom stereocenters. The standard InChI is InChI=1S/C76H118F8N12O14/c1-14-31-88(7)68(103)57-38-60(98)92(11)55(33-44(4)5)65(100)86-63(45(6)15-2)71(106)90(9)41-61(99)91(10)54-24-18-17-21-32-95(70(54)105)58(36-46-25-28-49(29-26-46)75(79,80)81)69(104)89(8)40-59(97)85-53(30-27-47-34-51(77)62(52(78)35-47)76(82,83)84)67(102)96-39-50(110-16-3)37-56(96)66(101)87-74(42-109-43-74)73(108)94(13)64(72(107)93(57)12)48-22-19-20-23-48/h17-18,44-58,62-64H,14-16,19-43H2,1-13H3,(H,85,97)(H,86,100)(H,87,101)/b18-17-/t45-,46?,47?,49?,50+,51?,52?,53-,54-,55-,56-,57-,58-,62?,63-,64-/m0/s1. The van der Waals surface area contributed by atoms with Crippen LogP contribution in [0.1, 0.15) is 170 Å². The minimum absolute atomic E-state index is 0.0111. The van der Waals surface area contributed by atoms with Gasteiger partial charge in [-0.25, -0.2) is 8.78 Å². The van der Waals surface area contributed by atoms with Gasteiger partial charge in [-0.2, -0.15) is 26.3 Å². The number of halogens is 8. The Bertz CT molecular complexity index is 3270. The maximum Gasteiger partial charge on any atom is 0.397 e. The van der Waals surface area contributed by atoms with Crippen molar-refractivity contribution in [2.24, 2.45) is 41.4 Å². The Morgan fingerprint density at radius 2 is 1.29 bits per heavy atom. The van der Waals surface area contributed by atoms with E-state index in [1.807, 2.05) is 20.8 Å². The summed E-state index contributed by atoms with van der Waals surface area (Å²) >= 11 is 0. The fourth-order valence-corrected chi connectivity index (χ4v) is 17.0. The first-order valence-corrected chi connectivity index (χ1v) is 39.2. The van der Waals surface area contributed by atoms with Gasteiger partial charge in [0.2, 0.25) is 65.0 Å². The number of hydrogen-bond acceptors (Lipinski definition) is 14. The number of likely N-dealkylation sites (N-methyl/N-ethyl adjacent to an activating group) is 7. The van der Waals surface area contributed by atoms with Crippen molar-refractivity contribution in [1.82, 2.24) is 60.0 Å². The molecule has 0 aromatic carbocycles. The number of carbonyl (C=O) groups is 12. The van der Waals surface area contributed by atoms with E-state index < -0.39 is 243 Å². The van der Waals surface area contributed by atoms with Gasteiger partial charge in [0.15, 0.2) is 5.54 Å². The second kappa shape index (κ2) is 39.0. The summed E-state index contributed by atoms with van der Waals surface area (Å²) in [6.07, 6.45) is -13.6. The molecule has 0 aromatic rings. The molecule has 0 aromatic heterocycles. The van der Waals surface area contributed by atoms with E-state index >= 15 is 42.3 Å². The first kappa shape index (κ1) is 89.9. The predicted molar refractivity (Wildman–Crippen MR) is 387 cm³/mol. The number of hydrogen-bond donors (Lipinski definition) is 3. The molecule has 12 amide bonds. The van der Waals surface area contributed by atoms with Gasteiger partial charge in [-0.05, 0) is 133 Å². The quantitative estimate of drug-likeness (QED) is 0.126. The molecule has 3 aliphatic carbocycles. The lowest BCUT2D eigenvalue weighted by molar-refractivity contribution is -0.219. The molecule has 6 fully saturated rings. The predicted octanol–water partition coefficient (Wildman–Crippen LogP) is 5.98. The summed E-state index contributed by atoms with van der Waals surface area (Å²) in [7, 11) is 9.44. The van der Waals surface area contributed by atoms with E-state index in [1.165, 1.54) is 64.0 Å². The Kier molecular flexibility index (Phi) is 31.9. The molecule has 4 heterocycles. The van der Waals surface area contributed by atoms with Crippen LogP contribution in [0.25, 0.3) is 0 Å². The average Bonchev–Trinajstić information content (AvgIpc) is 1.07. The lowest BCUT2D eigenvalue weighted by Crippen LogP contribution is -2.73. The van der Waals surface area contributed by atoms with Gasteiger partial charge in [-0.15, -0.1) is 0 Å². The Hall–Kier alpha value is -7.26. The molecule has 34 heteroatoms. The lowest BCUT2D eigenvalue weighted by atomic mass is 9.76. The van der Waals surface area contributed by atoms with E-state index in [9.17, 15) is 50.3 Å². The summed E-state index contributed by atoms with van der Waals surface area (Å²) in [5.41, 5.74) is -1.92. The number of nitrogens with zero attached hydrogens (tertiary/aromatic N) is 9. The zero-order valence-corrected chi connectivity index (χ0v) is 66.1. The second-order valence-corrected chi connectivity index (χ2v) is 32.3. The van der Waals surface area contributed by atoms with Crippen LogP contribution in [-0.4, -0.2) is 302 Å². The SMILES string of the molecule is CCCN(C)C(=O)[C@@H]1CC(=O)N(C)[C@@H](CC(C)C)C(=O)N[C@@H]([C@@H](C)CC)C(=O)N(C)CC(=O)N(C)[C@H]2C/C=C\CCN(C2=O)[C@@H](CC2CCC(C(F)(F)F)CC2)C(=O)N(C)CC(=O)N[C@@H](CCC2CC(F)C(C(F)(F)F)C(F)C2)C(=O)N2C[C@H](OCC)C[C@H]2C(=O)NC2(COC2)C(=O)N(C)[C@@H](C2CCCC2)C(=O)N1C. The largest absolute Gasteiger partial charge is 0.397 e. The summed E-state index contributed by atoms with van der Waals surface area (Å²) in [6.45, 7) is 7.92. The highest BCUT2D eigenvalue weighted by atomic mass is 19.4. The Morgan fingerprint density at radius 3 is 1.85 bits per heavy atom. The van der Waals surface area contributed by atoms with Gasteiger partial charge in [0.05, 0.1) is 44.7 Å². The highest BCUT2D eigenvalue weighted by molar-refractivity contribution is 6.01. The van der Waals surface area contributed by atoms with Crippen LogP contribution < -0.4 is 16.0 Å². The number of ether oxygens (including phenoxy) is 2. The third-order valence-corrected chi connectivity index (χ3v) is 23.9. The number of carbonyl (C=O) groups excluding carboxylic acids is 12. The van der Waals surface area contributed by atoms with E-state index in [2.05, 4.69) is 16.0 Å². The molecular weight excluding hydrogens is 1460 g/mol. The monoisotopic (exact) mass is 1570 g/mol. The van der Waals surface area contributed by atoms with Crippen molar-refractivity contribution in [3.05, 3.63) is 12.2 Å². The smallest absolute Gasteiger partial charge is 0.377 e. The van der Waals surface area contributed by atoms with E-state index in [1.54, 1.807) is 32.9 Å². The van der Waals surface area contributed by atoms with Gasteiger partial charge >= 0.3 is 12.4 Å². The minimum atomic E-state index is -5.23. The van der Waals surface area contributed by atoms with E-state index in [-0.39, 0.29) is 96.4 Å². The molecule has 3 saturated heterocycles. The van der Waals surface area contributed by atoms with Crippen LogP contribution in [0, 0.1) is 41.4 Å². The normalized spacial score (nSPS) is 31.6. The number of rotatable bonds is 15. The van der Waals surface area contributed by atoms with Crippen LogP contribution in [0.15, 0.2) is 12.2 Å². The van der Waals surface area contributed by atoms with Crippen molar-refractivity contribution < 1.29 is 102 Å². The third kappa shape index (κ3) is 21.9. The molecule has 3 saturated carbocycles. The Morgan fingerprint density at radius 1 is 0.664 bits per heavy atom. The Balaban J connectivity index is 1.33. The maximum absolute atomic E-state index is 15.6. The molecule has 7 aliphatic rings. The summed E-state index contributed by atoms with van der Waals surface area (Å²) in [5, 5.41) is 8.29. The van der Waals surface area contributed by atoms with Gasteiger partial charge in [0.1, 0.15) is 66.6 Å². The molecule has 2 unspecified atom stereocenters. The molecule has 26 nitrogen and oxygen atoms in total. The van der Waals surface area contributed by atoms with Crippen molar-refractivity contribution >= 4 is 70.9 Å². The van der Waals surface area contributed by atoms with Crippen LogP contribution in [0.3, 0.4) is 0 Å². The van der Waals surface area contributed by atoms with Crippen molar-refractivity contribution in [2.45, 2.75) is 255 Å². The van der Waals surface area contributed by atoms with Crippen molar-refractivity contribution in [2.75, 3.05) is 102 Å².